The molecule has 0 amide bonds. The summed E-state index contributed by atoms with van der Waals surface area (Å²) in [5, 5.41) is 23.4. The van der Waals surface area contributed by atoms with Crippen LogP contribution >= 0.6 is 0 Å². The zero-order valence-electron chi connectivity index (χ0n) is 11.8. The first kappa shape index (κ1) is 13.8. The lowest BCUT2D eigenvalue weighted by Gasteiger charge is -2.03. The molecule has 0 saturated carbocycles. The van der Waals surface area contributed by atoms with E-state index < -0.39 is 5.97 Å². The Kier molecular flexibility index (Phi) is 3.34. The number of aromatic hydroxyl groups is 1. The normalized spacial score (nSPS) is 10.6. The van der Waals surface area contributed by atoms with Crippen LogP contribution in [0.1, 0.15) is 15.9 Å². The van der Waals surface area contributed by atoms with Crippen molar-refractivity contribution in [1.82, 2.24) is 14.8 Å². The molecule has 6 nitrogen and oxygen atoms in total. The number of hydrogen-bond acceptors (Lipinski definition) is 4. The van der Waals surface area contributed by atoms with Crippen molar-refractivity contribution < 1.29 is 15.0 Å². The molecular weight excluding hydrogens is 282 g/mol. The Morgan fingerprint density at radius 1 is 1.18 bits per heavy atom. The number of rotatable bonds is 3. The van der Waals surface area contributed by atoms with Gasteiger partial charge in [0.25, 0.3) is 0 Å². The minimum absolute atomic E-state index is 0.0806. The van der Waals surface area contributed by atoms with Crippen LogP contribution in [0.4, 0.5) is 0 Å². The van der Waals surface area contributed by atoms with Gasteiger partial charge in [0.1, 0.15) is 0 Å². The largest absolute Gasteiger partial charge is 0.493 e. The summed E-state index contributed by atoms with van der Waals surface area (Å²) >= 11 is 0. The molecule has 0 aliphatic rings. The summed E-state index contributed by atoms with van der Waals surface area (Å²) in [4.78, 5) is 15.1. The van der Waals surface area contributed by atoms with Gasteiger partial charge in [-0.15, -0.1) is 0 Å². The number of nitrogens with zero attached hydrogens (tertiary/aromatic N) is 3. The average molecular weight is 295 g/mol. The zero-order chi connectivity index (χ0) is 15.7. The topological polar surface area (TPSA) is 88.2 Å². The van der Waals surface area contributed by atoms with E-state index in [1.807, 2.05) is 31.2 Å². The van der Waals surface area contributed by atoms with E-state index >= 15 is 0 Å². The van der Waals surface area contributed by atoms with E-state index in [9.17, 15) is 9.90 Å². The maximum atomic E-state index is 11.0. The van der Waals surface area contributed by atoms with Gasteiger partial charge in [0.2, 0.25) is 5.88 Å². The van der Waals surface area contributed by atoms with Gasteiger partial charge in [-0.2, -0.15) is 9.78 Å². The molecular formula is C16H13N3O3. The number of pyridine rings is 1. The van der Waals surface area contributed by atoms with E-state index in [0.717, 1.165) is 11.1 Å². The third-order valence-corrected chi connectivity index (χ3v) is 3.21. The molecule has 2 aromatic heterocycles. The summed E-state index contributed by atoms with van der Waals surface area (Å²) in [7, 11) is 0. The lowest BCUT2D eigenvalue weighted by atomic mass is 10.1. The summed E-state index contributed by atoms with van der Waals surface area (Å²) in [6, 6.07) is 12.0. The van der Waals surface area contributed by atoms with Crippen molar-refractivity contribution >= 4 is 5.97 Å². The van der Waals surface area contributed by atoms with Gasteiger partial charge in [-0.05, 0) is 25.1 Å². The third kappa shape index (κ3) is 2.54. The second-order valence-electron chi connectivity index (χ2n) is 4.88. The summed E-state index contributed by atoms with van der Waals surface area (Å²) in [6.07, 6.45) is 1.37. The number of aromatic carboxylic acids is 1. The van der Waals surface area contributed by atoms with Gasteiger partial charge < -0.3 is 10.2 Å². The van der Waals surface area contributed by atoms with Gasteiger partial charge in [0.05, 0.1) is 11.3 Å². The SMILES string of the molecule is Cc1cccc(-c2cc(O)n(-c3cc(C(=O)O)ccn3)n2)c1. The summed E-state index contributed by atoms with van der Waals surface area (Å²) in [5.74, 6) is -0.919. The molecule has 2 N–H and O–H groups in total. The van der Waals surface area contributed by atoms with Crippen molar-refractivity contribution in [3.63, 3.8) is 0 Å². The molecule has 0 bridgehead atoms. The molecule has 110 valence electrons. The fourth-order valence-corrected chi connectivity index (χ4v) is 2.15. The maximum absolute atomic E-state index is 11.0. The molecule has 22 heavy (non-hydrogen) atoms. The van der Waals surface area contributed by atoms with E-state index in [0.29, 0.717) is 5.69 Å². The van der Waals surface area contributed by atoms with Crippen molar-refractivity contribution in [3.8, 4) is 23.0 Å². The van der Waals surface area contributed by atoms with Crippen molar-refractivity contribution in [3.05, 3.63) is 59.8 Å². The number of aryl methyl sites for hydroxylation is 1. The third-order valence-electron chi connectivity index (χ3n) is 3.21. The molecule has 0 radical (unpaired) electrons. The molecule has 0 atom stereocenters. The number of hydrogen-bond donors (Lipinski definition) is 2. The summed E-state index contributed by atoms with van der Waals surface area (Å²) in [5.41, 5.74) is 2.61. The van der Waals surface area contributed by atoms with Crippen LogP contribution in [-0.2, 0) is 0 Å². The Bertz CT molecular complexity index is 855. The standard InChI is InChI=1S/C16H13N3O3/c1-10-3-2-4-11(7-10)13-9-15(20)19(18-13)14-8-12(16(21)22)5-6-17-14/h2-9,20H,1H3,(H,21,22). The van der Waals surface area contributed by atoms with Crippen molar-refractivity contribution in [2.45, 2.75) is 6.92 Å². The van der Waals surface area contributed by atoms with Crippen LogP contribution in [0, 0.1) is 6.92 Å². The highest BCUT2D eigenvalue weighted by atomic mass is 16.4. The highest BCUT2D eigenvalue weighted by molar-refractivity contribution is 5.87. The van der Waals surface area contributed by atoms with Crippen LogP contribution in [0.15, 0.2) is 48.7 Å². The van der Waals surface area contributed by atoms with E-state index in [1.165, 1.54) is 29.1 Å². The molecule has 0 aliphatic heterocycles. The maximum Gasteiger partial charge on any atom is 0.335 e. The Hall–Kier alpha value is -3.15. The molecule has 6 heteroatoms. The van der Waals surface area contributed by atoms with Crippen molar-refractivity contribution in [2.75, 3.05) is 0 Å². The zero-order valence-corrected chi connectivity index (χ0v) is 11.8. The first-order chi connectivity index (χ1) is 10.5. The molecule has 0 saturated heterocycles. The Labute approximate surface area is 126 Å². The molecule has 2 heterocycles. The van der Waals surface area contributed by atoms with Crippen LogP contribution in [0.5, 0.6) is 5.88 Å². The first-order valence-electron chi connectivity index (χ1n) is 6.60. The number of carbonyl (C=O) groups is 1. The smallest absolute Gasteiger partial charge is 0.335 e. The molecule has 0 spiro atoms. The highest BCUT2D eigenvalue weighted by Crippen LogP contribution is 2.25. The lowest BCUT2D eigenvalue weighted by molar-refractivity contribution is 0.0696. The van der Waals surface area contributed by atoms with Gasteiger partial charge in [0, 0.05) is 17.8 Å². The van der Waals surface area contributed by atoms with Crippen LogP contribution in [0.2, 0.25) is 0 Å². The molecule has 3 rings (SSSR count). The fraction of sp³-hybridized carbons (Fsp3) is 0.0625. The molecule has 3 aromatic rings. The Balaban J connectivity index is 2.06. The number of aromatic nitrogens is 3. The Morgan fingerprint density at radius 2 is 2.00 bits per heavy atom. The molecule has 1 aromatic carbocycles. The van der Waals surface area contributed by atoms with Crippen LogP contribution in [-0.4, -0.2) is 30.9 Å². The minimum atomic E-state index is -1.06. The molecule has 0 aliphatic carbocycles. The Morgan fingerprint density at radius 3 is 2.73 bits per heavy atom. The summed E-state index contributed by atoms with van der Waals surface area (Å²) in [6.45, 7) is 1.97. The highest BCUT2D eigenvalue weighted by Gasteiger charge is 2.13. The molecule has 0 fully saturated rings. The van der Waals surface area contributed by atoms with Crippen molar-refractivity contribution in [1.29, 1.82) is 0 Å². The monoisotopic (exact) mass is 295 g/mol. The van der Waals surface area contributed by atoms with Crippen LogP contribution in [0.3, 0.4) is 0 Å². The van der Waals surface area contributed by atoms with E-state index in [-0.39, 0.29) is 17.3 Å². The van der Waals surface area contributed by atoms with Gasteiger partial charge >= 0.3 is 5.97 Å². The average Bonchev–Trinajstić information content (AvgIpc) is 2.89. The second-order valence-corrected chi connectivity index (χ2v) is 4.88. The minimum Gasteiger partial charge on any atom is -0.493 e. The van der Waals surface area contributed by atoms with Gasteiger partial charge in [-0.25, -0.2) is 9.78 Å². The predicted molar refractivity (Wildman–Crippen MR) is 80.2 cm³/mol. The fourth-order valence-electron chi connectivity index (χ4n) is 2.15. The van der Waals surface area contributed by atoms with Crippen LogP contribution < -0.4 is 0 Å². The van der Waals surface area contributed by atoms with Gasteiger partial charge in [0.15, 0.2) is 5.82 Å². The van der Waals surface area contributed by atoms with Gasteiger partial charge in [-0.1, -0.05) is 23.8 Å². The molecule has 0 unspecified atom stereocenters. The van der Waals surface area contributed by atoms with Crippen LogP contribution in [0.25, 0.3) is 17.1 Å². The van der Waals surface area contributed by atoms with E-state index in [1.54, 1.807) is 0 Å². The predicted octanol–water partition coefficient (Wildman–Crippen LogP) is 2.65. The second kappa shape index (κ2) is 5.33. The summed E-state index contributed by atoms with van der Waals surface area (Å²) < 4.78 is 1.21. The van der Waals surface area contributed by atoms with E-state index in [4.69, 9.17) is 5.11 Å². The quantitative estimate of drug-likeness (QED) is 0.775. The first-order valence-corrected chi connectivity index (χ1v) is 6.60. The number of carboxylic acid groups (broad SMARTS) is 1. The number of benzene rings is 1. The number of carboxylic acids is 1. The van der Waals surface area contributed by atoms with Crippen molar-refractivity contribution in [2.24, 2.45) is 0 Å². The lowest BCUT2D eigenvalue weighted by Crippen LogP contribution is -2.03. The van der Waals surface area contributed by atoms with Gasteiger partial charge in [-0.3, -0.25) is 0 Å². The van der Waals surface area contributed by atoms with E-state index in [2.05, 4.69) is 10.1 Å².